The van der Waals surface area contributed by atoms with E-state index < -0.39 is 0 Å². The van der Waals surface area contributed by atoms with E-state index in [0.717, 1.165) is 23.6 Å². The van der Waals surface area contributed by atoms with Crippen LogP contribution in [0.3, 0.4) is 0 Å². The van der Waals surface area contributed by atoms with Crippen LogP contribution in [0.25, 0.3) is 0 Å². The maximum Gasteiger partial charge on any atom is 0.124 e. The van der Waals surface area contributed by atoms with Gasteiger partial charge in [0.15, 0.2) is 0 Å². The van der Waals surface area contributed by atoms with Crippen molar-refractivity contribution in [3.8, 4) is 6.07 Å². The van der Waals surface area contributed by atoms with Crippen molar-refractivity contribution in [2.45, 2.75) is 5.75 Å². The zero-order valence-corrected chi connectivity index (χ0v) is 9.77. The summed E-state index contributed by atoms with van der Waals surface area (Å²) in [5, 5.41) is 8.76. The van der Waals surface area contributed by atoms with Crippen LogP contribution < -0.4 is 0 Å². The summed E-state index contributed by atoms with van der Waals surface area (Å²) in [5.74, 6) is 2.02. The van der Waals surface area contributed by atoms with Crippen LogP contribution >= 0.6 is 23.5 Å². The summed E-state index contributed by atoms with van der Waals surface area (Å²) in [5.41, 5.74) is 1.92. The van der Waals surface area contributed by atoms with E-state index in [1.54, 1.807) is 11.8 Å². The quantitative estimate of drug-likeness (QED) is 0.789. The van der Waals surface area contributed by atoms with Crippen molar-refractivity contribution in [1.29, 1.82) is 5.26 Å². The van der Waals surface area contributed by atoms with Crippen LogP contribution in [0.4, 0.5) is 0 Å². The molecule has 0 saturated heterocycles. The van der Waals surface area contributed by atoms with Crippen molar-refractivity contribution in [2.75, 3.05) is 12.3 Å². The molecule has 0 aliphatic carbocycles. The second-order valence-corrected chi connectivity index (χ2v) is 5.40. The van der Waals surface area contributed by atoms with Crippen molar-refractivity contribution < 1.29 is 0 Å². The highest BCUT2D eigenvalue weighted by Crippen LogP contribution is 2.25. The Labute approximate surface area is 97.8 Å². The van der Waals surface area contributed by atoms with E-state index in [0.29, 0.717) is 0 Å². The maximum atomic E-state index is 8.76. The second-order valence-electron chi connectivity index (χ2n) is 3.10. The lowest BCUT2D eigenvalue weighted by Crippen LogP contribution is -1.85. The van der Waals surface area contributed by atoms with Crippen LogP contribution in [0.2, 0.25) is 0 Å². The smallest absolute Gasteiger partial charge is 0.124 e. The topological polar surface area (TPSA) is 36.1 Å². The standard InChI is InChI=1S/C11H10N2S2/c12-7-9-2-1-3-10(6-9)8-15-11-13-4-5-14-11/h1-3,6H,4-5,8H2. The number of rotatable bonds is 2. The number of hydrogen-bond acceptors (Lipinski definition) is 4. The van der Waals surface area contributed by atoms with Gasteiger partial charge in [-0.25, -0.2) is 0 Å². The van der Waals surface area contributed by atoms with Crippen LogP contribution in [0.15, 0.2) is 29.3 Å². The Bertz CT molecular complexity index is 421. The van der Waals surface area contributed by atoms with E-state index in [1.807, 2.05) is 36.0 Å². The zero-order valence-electron chi connectivity index (χ0n) is 8.14. The summed E-state index contributed by atoms with van der Waals surface area (Å²) in [7, 11) is 0. The summed E-state index contributed by atoms with van der Waals surface area (Å²) in [4.78, 5) is 4.37. The van der Waals surface area contributed by atoms with Crippen molar-refractivity contribution in [3.63, 3.8) is 0 Å². The minimum atomic E-state index is 0.731. The Morgan fingerprint density at radius 1 is 1.53 bits per heavy atom. The molecule has 4 heteroatoms. The summed E-state index contributed by atoms with van der Waals surface area (Å²) < 4.78 is 1.18. The van der Waals surface area contributed by atoms with E-state index in [9.17, 15) is 0 Å². The molecule has 1 aliphatic rings. The van der Waals surface area contributed by atoms with E-state index in [4.69, 9.17) is 5.26 Å². The Balaban J connectivity index is 1.96. The molecule has 0 aromatic heterocycles. The fourth-order valence-corrected chi connectivity index (χ4v) is 3.23. The van der Waals surface area contributed by atoms with Gasteiger partial charge in [0, 0.05) is 11.5 Å². The predicted molar refractivity (Wildman–Crippen MR) is 67.2 cm³/mol. The van der Waals surface area contributed by atoms with Gasteiger partial charge in [0.05, 0.1) is 18.2 Å². The zero-order chi connectivity index (χ0) is 10.5. The number of aliphatic imine (C=N–C) groups is 1. The van der Waals surface area contributed by atoms with E-state index in [2.05, 4.69) is 11.1 Å². The fourth-order valence-electron chi connectivity index (χ4n) is 1.28. The van der Waals surface area contributed by atoms with Gasteiger partial charge in [-0.1, -0.05) is 35.7 Å². The molecule has 0 fully saturated rings. The molecular weight excluding hydrogens is 224 g/mol. The second kappa shape index (κ2) is 5.24. The highest BCUT2D eigenvalue weighted by atomic mass is 32.2. The first-order chi connectivity index (χ1) is 7.38. The third-order valence-corrected chi connectivity index (χ3v) is 4.30. The summed E-state index contributed by atoms with van der Waals surface area (Å²) >= 11 is 3.58. The molecule has 15 heavy (non-hydrogen) atoms. The first-order valence-electron chi connectivity index (χ1n) is 4.67. The lowest BCUT2D eigenvalue weighted by atomic mass is 10.2. The van der Waals surface area contributed by atoms with Gasteiger partial charge in [0.2, 0.25) is 0 Å². The molecule has 0 saturated carbocycles. The molecule has 1 aromatic carbocycles. The monoisotopic (exact) mass is 234 g/mol. The Morgan fingerprint density at radius 2 is 2.47 bits per heavy atom. The van der Waals surface area contributed by atoms with Crippen molar-refractivity contribution in [1.82, 2.24) is 0 Å². The minimum Gasteiger partial charge on any atom is -0.271 e. The fraction of sp³-hybridized carbons (Fsp3) is 0.273. The van der Waals surface area contributed by atoms with Gasteiger partial charge in [-0.3, -0.25) is 4.99 Å². The Morgan fingerprint density at radius 3 is 3.20 bits per heavy atom. The third kappa shape index (κ3) is 3.01. The number of nitriles is 1. The van der Waals surface area contributed by atoms with Crippen LogP contribution in [0.5, 0.6) is 0 Å². The molecule has 1 heterocycles. The van der Waals surface area contributed by atoms with Crippen LogP contribution in [0, 0.1) is 11.3 Å². The maximum absolute atomic E-state index is 8.76. The molecule has 76 valence electrons. The molecule has 0 atom stereocenters. The summed E-state index contributed by atoms with van der Waals surface area (Å²) in [6, 6.07) is 9.90. The largest absolute Gasteiger partial charge is 0.271 e. The average Bonchev–Trinajstić information content (AvgIpc) is 2.79. The molecule has 0 amide bonds. The van der Waals surface area contributed by atoms with E-state index >= 15 is 0 Å². The van der Waals surface area contributed by atoms with Gasteiger partial charge in [-0.05, 0) is 17.7 Å². The molecule has 2 nitrogen and oxygen atoms in total. The molecule has 0 N–H and O–H groups in total. The van der Waals surface area contributed by atoms with Crippen LogP contribution in [-0.2, 0) is 5.75 Å². The van der Waals surface area contributed by atoms with Gasteiger partial charge in [0.25, 0.3) is 0 Å². The minimum absolute atomic E-state index is 0.731. The number of thioether (sulfide) groups is 2. The summed E-state index contributed by atoms with van der Waals surface area (Å²) in [6.45, 7) is 0.950. The van der Waals surface area contributed by atoms with Gasteiger partial charge < -0.3 is 0 Å². The van der Waals surface area contributed by atoms with Crippen molar-refractivity contribution >= 4 is 27.9 Å². The van der Waals surface area contributed by atoms with Crippen molar-refractivity contribution in [3.05, 3.63) is 35.4 Å². The Hall–Kier alpha value is -0.920. The Kier molecular flexibility index (Phi) is 3.70. The molecule has 0 radical (unpaired) electrons. The highest BCUT2D eigenvalue weighted by Gasteiger charge is 2.07. The van der Waals surface area contributed by atoms with Crippen molar-refractivity contribution in [2.24, 2.45) is 4.99 Å². The number of nitrogens with zero attached hydrogens (tertiary/aromatic N) is 2. The molecule has 0 unspecified atom stereocenters. The first kappa shape index (κ1) is 10.6. The SMILES string of the molecule is N#Cc1cccc(CSC2=NCCS2)c1. The first-order valence-corrected chi connectivity index (χ1v) is 6.65. The lowest BCUT2D eigenvalue weighted by molar-refractivity contribution is 1.18. The highest BCUT2D eigenvalue weighted by molar-refractivity contribution is 8.38. The molecular formula is C11H10N2S2. The lowest BCUT2D eigenvalue weighted by Gasteiger charge is -2.00. The molecule has 1 aliphatic heterocycles. The normalized spacial score (nSPS) is 14.7. The summed E-state index contributed by atoms with van der Waals surface area (Å²) in [6.07, 6.45) is 0. The molecule has 0 spiro atoms. The van der Waals surface area contributed by atoms with E-state index in [-0.39, 0.29) is 0 Å². The van der Waals surface area contributed by atoms with Crippen LogP contribution in [-0.4, -0.2) is 16.7 Å². The number of benzene rings is 1. The van der Waals surface area contributed by atoms with Gasteiger partial charge in [-0.15, -0.1) is 0 Å². The van der Waals surface area contributed by atoms with Crippen LogP contribution in [0.1, 0.15) is 11.1 Å². The van der Waals surface area contributed by atoms with Gasteiger partial charge in [-0.2, -0.15) is 5.26 Å². The predicted octanol–water partition coefficient (Wildman–Crippen LogP) is 2.89. The van der Waals surface area contributed by atoms with E-state index in [1.165, 1.54) is 9.94 Å². The third-order valence-electron chi connectivity index (χ3n) is 1.98. The molecule has 1 aromatic rings. The van der Waals surface area contributed by atoms with Gasteiger partial charge >= 0.3 is 0 Å². The van der Waals surface area contributed by atoms with Gasteiger partial charge in [0.1, 0.15) is 4.38 Å². The average molecular weight is 234 g/mol. The molecule has 2 rings (SSSR count). The molecule has 0 bridgehead atoms. The number of hydrogen-bond donors (Lipinski definition) is 0.